The summed E-state index contributed by atoms with van der Waals surface area (Å²) in [5.74, 6) is 0.695. The lowest BCUT2D eigenvalue weighted by atomic mass is 10.1. The average molecular weight is 329 g/mol. The van der Waals surface area contributed by atoms with Gasteiger partial charge in [-0.2, -0.15) is 0 Å². The van der Waals surface area contributed by atoms with Crippen molar-refractivity contribution < 1.29 is 0 Å². The molecule has 0 heterocycles. The molecule has 1 nitrogen and oxygen atoms in total. The van der Waals surface area contributed by atoms with Gasteiger partial charge in [0.25, 0.3) is 0 Å². The molecular formula is C16H16Cl3N. The monoisotopic (exact) mass is 327 g/mol. The normalized spacial score (nSPS) is 10.6. The van der Waals surface area contributed by atoms with Crippen molar-refractivity contribution in [2.45, 2.75) is 19.4 Å². The van der Waals surface area contributed by atoms with Gasteiger partial charge in [0.15, 0.2) is 0 Å². The van der Waals surface area contributed by atoms with Gasteiger partial charge in [0.05, 0.1) is 10.0 Å². The molecule has 1 N–H and O–H groups in total. The minimum absolute atomic E-state index is 0.582. The second-order valence-electron chi connectivity index (χ2n) is 4.59. The second kappa shape index (κ2) is 7.78. The number of alkyl halides is 1. The Bertz CT molecular complexity index is 569. The van der Waals surface area contributed by atoms with E-state index in [2.05, 4.69) is 29.6 Å². The van der Waals surface area contributed by atoms with Gasteiger partial charge in [-0.05, 0) is 48.2 Å². The van der Waals surface area contributed by atoms with Crippen molar-refractivity contribution in [1.29, 1.82) is 0 Å². The third kappa shape index (κ3) is 4.59. The fourth-order valence-corrected chi connectivity index (χ4v) is 2.42. The molecule has 2 aromatic rings. The Morgan fingerprint density at radius 3 is 2.50 bits per heavy atom. The van der Waals surface area contributed by atoms with Crippen molar-refractivity contribution in [2.24, 2.45) is 0 Å². The average Bonchev–Trinajstić information content (AvgIpc) is 2.47. The third-order valence-corrected chi connectivity index (χ3v) is 4.01. The Morgan fingerprint density at radius 2 is 1.75 bits per heavy atom. The van der Waals surface area contributed by atoms with Crippen molar-refractivity contribution >= 4 is 40.5 Å². The zero-order valence-electron chi connectivity index (χ0n) is 11.0. The molecule has 0 amide bonds. The van der Waals surface area contributed by atoms with E-state index >= 15 is 0 Å². The predicted molar refractivity (Wildman–Crippen MR) is 89.3 cm³/mol. The predicted octanol–water partition coefficient (Wildman–Crippen LogP) is 5.78. The quantitative estimate of drug-likeness (QED) is 0.663. The second-order valence-corrected chi connectivity index (χ2v) is 5.79. The molecule has 2 rings (SSSR count). The summed E-state index contributed by atoms with van der Waals surface area (Å²) in [4.78, 5) is 0. The minimum atomic E-state index is 0.582. The molecule has 0 aromatic heterocycles. The number of halogens is 3. The van der Waals surface area contributed by atoms with Crippen LogP contribution in [0.15, 0.2) is 42.5 Å². The van der Waals surface area contributed by atoms with E-state index in [1.807, 2.05) is 18.2 Å². The summed E-state index contributed by atoms with van der Waals surface area (Å²) in [5.41, 5.74) is 3.50. The smallest absolute Gasteiger partial charge is 0.0595 e. The maximum Gasteiger partial charge on any atom is 0.0595 e. The maximum absolute atomic E-state index is 6.01. The van der Waals surface area contributed by atoms with Gasteiger partial charge in [-0.15, -0.1) is 11.6 Å². The summed E-state index contributed by atoms with van der Waals surface area (Å²) in [5, 5.41) is 4.56. The van der Waals surface area contributed by atoms with Crippen LogP contribution in [0.3, 0.4) is 0 Å². The third-order valence-electron chi connectivity index (χ3n) is 3.01. The van der Waals surface area contributed by atoms with Gasteiger partial charge in [0.2, 0.25) is 0 Å². The summed E-state index contributed by atoms with van der Waals surface area (Å²) < 4.78 is 0. The van der Waals surface area contributed by atoms with Crippen molar-refractivity contribution in [3.8, 4) is 0 Å². The molecule has 0 bridgehead atoms. The Hall–Kier alpha value is -0.890. The molecule has 20 heavy (non-hydrogen) atoms. The molecule has 2 aromatic carbocycles. The highest BCUT2D eigenvalue weighted by Gasteiger charge is 2.00. The molecule has 0 atom stereocenters. The van der Waals surface area contributed by atoms with Crippen LogP contribution in [0.25, 0.3) is 0 Å². The van der Waals surface area contributed by atoms with E-state index in [0.29, 0.717) is 15.9 Å². The van der Waals surface area contributed by atoms with Gasteiger partial charge in [-0.3, -0.25) is 0 Å². The highest BCUT2D eigenvalue weighted by Crippen LogP contribution is 2.23. The molecule has 4 heteroatoms. The van der Waals surface area contributed by atoms with Gasteiger partial charge < -0.3 is 5.32 Å². The van der Waals surface area contributed by atoms with Crippen LogP contribution >= 0.6 is 34.8 Å². The fraction of sp³-hybridized carbons (Fsp3) is 0.250. The lowest BCUT2D eigenvalue weighted by Gasteiger charge is -2.09. The molecule has 0 aliphatic rings. The van der Waals surface area contributed by atoms with Crippen molar-refractivity contribution in [2.75, 3.05) is 11.2 Å². The highest BCUT2D eigenvalue weighted by molar-refractivity contribution is 6.42. The maximum atomic E-state index is 6.01. The first kappa shape index (κ1) is 15.5. The molecular weight excluding hydrogens is 313 g/mol. The molecule has 0 unspecified atom stereocenters. The van der Waals surface area contributed by atoms with Crippen molar-refractivity contribution in [3.05, 3.63) is 63.6 Å². The zero-order chi connectivity index (χ0) is 14.4. The summed E-state index contributed by atoms with van der Waals surface area (Å²) >= 11 is 17.6. The Kier molecular flexibility index (Phi) is 6.03. The molecule has 0 aliphatic heterocycles. The summed E-state index contributed by atoms with van der Waals surface area (Å²) in [6, 6.07) is 14.1. The fourth-order valence-electron chi connectivity index (χ4n) is 1.96. The Labute approximate surface area is 134 Å². The van der Waals surface area contributed by atoms with Crippen LogP contribution in [0.4, 0.5) is 5.69 Å². The van der Waals surface area contributed by atoms with Gasteiger partial charge >= 0.3 is 0 Å². The van der Waals surface area contributed by atoms with E-state index in [-0.39, 0.29) is 0 Å². The van der Waals surface area contributed by atoms with Crippen LogP contribution in [0.5, 0.6) is 0 Å². The Balaban J connectivity index is 1.97. The van der Waals surface area contributed by atoms with Crippen LogP contribution in [-0.2, 0) is 13.0 Å². The largest absolute Gasteiger partial charge is 0.381 e. The van der Waals surface area contributed by atoms with Gasteiger partial charge in [-0.25, -0.2) is 0 Å². The first-order valence-electron chi connectivity index (χ1n) is 6.52. The lowest BCUT2D eigenvalue weighted by molar-refractivity contribution is 0.928. The number of anilines is 1. The van der Waals surface area contributed by atoms with Crippen molar-refractivity contribution in [1.82, 2.24) is 0 Å². The van der Waals surface area contributed by atoms with E-state index in [9.17, 15) is 0 Å². The number of aryl methyl sites for hydroxylation is 1. The first-order valence-corrected chi connectivity index (χ1v) is 7.81. The first-order chi connectivity index (χ1) is 9.69. The zero-order valence-corrected chi connectivity index (χ0v) is 13.3. The number of hydrogen-bond donors (Lipinski definition) is 1. The molecule has 0 fully saturated rings. The molecule has 0 saturated carbocycles. The van der Waals surface area contributed by atoms with Crippen molar-refractivity contribution in [3.63, 3.8) is 0 Å². The Morgan fingerprint density at radius 1 is 0.900 bits per heavy atom. The SMILES string of the molecule is ClCCCc1cccc(NCc2ccc(Cl)c(Cl)c2)c1. The van der Waals surface area contributed by atoms with Crippen LogP contribution in [0.1, 0.15) is 17.5 Å². The number of benzene rings is 2. The van der Waals surface area contributed by atoms with Gasteiger partial charge in [0, 0.05) is 18.1 Å². The molecule has 0 saturated heterocycles. The summed E-state index contributed by atoms with van der Waals surface area (Å²) in [6.07, 6.45) is 2.00. The van der Waals surface area contributed by atoms with E-state index in [4.69, 9.17) is 34.8 Å². The highest BCUT2D eigenvalue weighted by atomic mass is 35.5. The summed E-state index contributed by atoms with van der Waals surface area (Å²) in [6.45, 7) is 0.718. The topological polar surface area (TPSA) is 12.0 Å². The van der Waals surface area contributed by atoms with Gasteiger partial charge in [0.1, 0.15) is 0 Å². The van der Waals surface area contributed by atoms with Gasteiger partial charge in [-0.1, -0.05) is 41.4 Å². The van der Waals surface area contributed by atoms with Crippen LogP contribution in [0.2, 0.25) is 10.0 Å². The molecule has 0 spiro atoms. The molecule has 0 aliphatic carbocycles. The van der Waals surface area contributed by atoms with Crippen LogP contribution < -0.4 is 5.32 Å². The van der Waals surface area contributed by atoms with E-state index in [1.54, 1.807) is 0 Å². The van der Waals surface area contributed by atoms with E-state index < -0.39 is 0 Å². The number of nitrogens with one attached hydrogen (secondary N) is 1. The number of rotatable bonds is 6. The van der Waals surface area contributed by atoms with Crippen LogP contribution in [0, 0.1) is 0 Å². The standard InChI is InChI=1S/C16H16Cl3N/c17-8-2-4-12-3-1-5-14(9-12)20-11-13-6-7-15(18)16(19)10-13/h1,3,5-7,9-10,20H,2,4,8,11H2. The van der Waals surface area contributed by atoms with E-state index in [1.165, 1.54) is 5.56 Å². The van der Waals surface area contributed by atoms with E-state index in [0.717, 1.165) is 30.6 Å². The molecule has 0 radical (unpaired) electrons. The van der Waals surface area contributed by atoms with Crippen LogP contribution in [-0.4, -0.2) is 5.88 Å². The molecule has 106 valence electrons. The number of hydrogen-bond acceptors (Lipinski definition) is 1. The minimum Gasteiger partial charge on any atom is -0.381 e. The summed E-state index contributed by atoms with van der Waals surface area (Å²) in [7, 11) is 0. The lowest BCUT2D eigenvalue weighted by Crippen LogP contribution is -2.00.